The summed E-state index contributed by atoms with van der Waals surface area (Å²) >= 11 is 0. The summed E-state index contributed by atoms with van der Waals surface area (Å²) in [5, 5.41) is 13.0. The van der Waals surface area contributed by atoms with Gasteiger partial charge < -0.3 is 4.90 Å². The molecule has 0 aromatic carbocycles. The summed E-state index contributed by atoms with van der Waals surface area (Å²) in [7, 11) is 3.64. The lowest BCUT2D eigenvalue weighted by molar-refractivity contribution is 0.0727. The lowest BCUT2D eigenvalue weighted by Crippen LogP contribution is -2.36. The summed E-state index contributed by atoms with van der Waals surface area (Å²) in [5.41, 5.74) is 5.12. The first-order chi connectivity index (χ1) is 13.6. The van der Waals surface area contributed by atoms with E-state index in [1.165, 1.54) is 4.68 Å². The topological polar surface area (TPSA) is 94.6 Å². The Hall–Kier alpha value is -3.62. The molecule has 1 aliphatic rings. The summed E-state index contributed by atoms with van der Waals surface area (Å²) < 4.78 is 3.30. The van der Waals surface area contributed by atoms with E-state index in [-0.39, 0.29) is 5.91 Å². The summed E-state index contributed by atoms with van der Waals surface area (Å²) in [6, 6.07) is 4.15. The van der Waals surface area contributed by atoms with Crippen LogP contribution in [0.1, 0.15) is 21.7 Å². The van der Waals surface area contributed by atoms with E-state index in [1.54, 1.807) is 22.8 Å². The zero-order valence-corrected chi connectivity index (χ0v) is 15.6. The van der Waals surface area contributed by atoms with Crippen LogP contribution >= 0.6 is 0 Å². The summed E-state index contributed by atoms with van der Waals surface area (Å²) in [4.78, 5) is 23.7. The molecule has 0 fully saturated rings. The molecule has 0 unspecified atom stereocenters. The van der Waals surface area contributed by atoms with Crippen LogP contribution < -0.4 is 0 Å². The molecular weight excluding hydrogens is 356 g/mol. The van der Waals surface area contributed by atoms with Gasteiger partial charge in [0.15, 0.2) is 11.3 Å². The maximum Gasteiger partial charge on any atom is 0.276 e. The van der Waals surface area contributed by atoms with Gasteiger partial charge in [-0.25, -0.2) is 9.97 Å². The zero-order chi connectivity index (χ0) is 19.3. The summed E-state index contributed by atoms with van der Waals surface area (Å²) in [6.45, 7) is 1.11. The molecule has 140 valence electrons. The van der Waals surface area contributed by atoms with Crippen molar-refractivity contribution in [1.82, 2.24) is 39.6 Å². The Morgan fingerprint density at radius 2 is 1.96 bits per heavy atom. The third-order valence-corrected chi connectivity index (χ3v) is 4.96. The maximum atomic E-state index is 12.7. The number of amides is 1. The minimum absolute atomic E-state index is 0.110. The number of aromatic nitrogens is 7. The number of carbonyl (C=O) groups is 1. The Bertz CT molecular complexity index is 1210. The molecule has 0 N–H and O–H groups in total. The van der Waals surface area contributed by atoms with Crippen LogP contribution in [0.2, 0.25) is 0 Å². The molecule has 9 nitrogen and oxygen atoms in total. The number of aryl methyl sites for hydroxylation is 2. The Kier molecular flexibility index (Phi) is 3.68. The predicted molar refractivity (Wildman–Crippen MR) is 101 cm³/mol. The van der Waals surface area contributed by atoms with Crippen LogP contribution in [0.5, 0.6) is 0 Å². The molecule has 9 heteroatoms. The molecule has 0 aliphatic carbocycles. The third-order valence-electron chi connectivity index (χ3n) is 4.96. The van der Waals surface area contributed by atoms with Crippen molar-refractivity contribution in [2.75, 3.05) is 6.54 Å². The molecule has 1 aliphatic heterocycles. The van der Waals surface area contributed by atoms with Gasteiger partial charge in [-0.05, 0) is 17.7 Å². The Morgan fingerprint density at radius 3 is 2.71 bits per heavy atom. The average Bonchev–Trinajstić information content (AvgIpc) is 3.33. The third kappa shape index (κ3) is 2.81. The number of fused-ring (bicyclic) bond motifs is 2. The molecule has 0 bridgehead atoms. The Morgan fingerprint density at radius 1 is 1.07 bits per heavy atom. The van der Waals surface area contributed by atoms with E-state index < -0.39 is 0 Å². The van der Waals surface area contributed by atoms with Crippen molar-refractivity contribution in [3.05, 3.63) is 53.9 Å². The van der Waals surface area contributed by atoms with E-state index in [0.29, 0.717) is 25.2 Å². The number of hydrogen-bond acceptors (Lipinski definition) is 6. The number of nitrogens with zero attached hydrogens (tertiary/aromatic N) is 8. The second kappa shape index (κ2) is 6.22. The van der Waals surface area contributed by atoms with Gasteiger partial charge >= 0.3 is 0 Å². The van der Waals surface area contributed by atoms with Crippen LogP contribution in [0.25, 0.3) is 22.2 Å². The molecule has 28 heavy (non-hydrogen) atoms. The Labute approximate surface area is 160 Å². The number of pyridine rings is 2. The fourth-order valence-electron chi connectivity index (χ4n) is 3.53. The molecule has 0 radical (unpaired) electrons. The first-order valence-electron chi connectivity index (χ1n) is 9.00. The lowest BCUT2D eigenvalue weighted by Gasteiger charge is -2.27. The van der Waals surface area contributed by atoms with Gasteiger partial charge in [0.2, 0.25) is 0 Å². The van der Waals surface area contributed by atoms with Gasteiger partial charge in [-0.15, -0.1) is 5.10 Å². The standard InChI is InChI=1S/C19H18N8O/c1-25-9-15(8-21-25)13-5-12-6-14-10-27(19(28)17-11-26(2)24-23-17)4-3-16(14)22-18(12)20-7-13/h5-9,11H,3-4,10H2,1-2H3. The van der Waals surface area contributed by atoms with Crippen LogP contribution in [0.3, 0.4) is 0 Å². The van der Waals surface area contributed by atoms with E-state index in [9.17, 15) is 4.79 Å². The number of hydrogen-bond donors (Lipinski definition) is 0. The van der Waals surface area contributed by atoms with Gasteiger partial charge in [-0.1, -0.05) is 5.21 Å². The minimum Gasteiger partial charge on any atom is -0.332 e. The van der Waals surface area contributed by atoms with Crippen molar-refractivity contribution in [2.45, 2.75) is 13.0 Å². The van der Waals surface area contributed by atoms with Gasteiger partial charge in [0.25, 0.3) is 5.91 Å². The lowest BCUT2D eigenvalue weighted by atomic mass is 10.0. The molecule has 4 aromatic rings. The molecule has 0 saturated carbocycles. The normalized spacial score (nSPS) is 13.7. The molecule has 0 atom stereocenters. The molecule has 4 aromatic heterocycles. The quantitative estimate of drug-likeness (QED) is 0.526. The van der Waals surface area contributed by atoms with Crippen molar-refractivity contribution >= 4 is 16.9 Å². The first kappa shape index (κ1) is 16.5. The van der Waals surface area contributed by atoms with Crippen molar-refractivity contribution in [1.29, 1.82) is 0 Å². The summed E-state index contributed by atoms with van der Waals surface area (Å²) in [6.07, 6.45) is 7.93. The fourth-order valence-corrected chi connectivity index (χ4v) is 3.53. The van der Waals surface area contributed by atoms with Crippen LogP contribution in [0.4, 0.5) is 0 Å². The maximum absolute atomic E-state index is 12.7. The van der Waals surface area contributed by atoms with E-state index in [4.69, 9.17) is 4.98 Å². The fraction of sp³-hybridized carbons (Fsp3) is 0.263. The zero-order valence-electron chi connectivity index (χ0n) is 15.6. The molecule has 1 amide bonds. The van der Waals surface area contributed by atoms with Gasteiger partial charge in [0.05, 0.1) is 12.4 Å². The van der Waals surface area contributed by atoms with Gasteiger partial charge in [0, 0.05) is 68.2 Å². The first-order valence-corrected chi connectivity index (χ1v) is 9.00. The SMILES string of the molecule is Cn1cc(-c2cnc3nc4c(cc3c2)CN(C(=O)c2cn(C)nn2)CC4)cn1. The van der Waals surface area contributed by atoms with Crippen LogP contribution in [-0.2, 0) is 27.1 Å². The highest BCUT2D eigenvalue weighted by atomic mass is 16.2. The monoisotopic (exact) mass is 374 g/mol. The highest BCUT2D eigenvalue weighted by Gasteiger charge is 2.25. The van der Waals surface area contributed by atoms with E-state index in [1.807, 2.05) is 25.6 Å². The highest BCUT2D eigenvalue weighted by Crippen LogP contribution is 2.26. The molecule has 0 spiro atoms. The largest absolute Gasteiger partial charge is 0.332 e. The predicted octanol–water partition coefficient (Wildman–Crippen LogP) is 1.36. The van der Waals surface area contributed by atoms with Crippen molar-refractivity contribution in [3.63, 3.8) is 0 Å². The summed E-state index contributed by atoms with van der Waals surface area (Å²) in [5.74, 6) is -0.110. The van der Waals surface area contributed by atoms with E-state index in [2.05, 4.69) is 32.5 Å². The van der Waals surface area contributed by atoms with Gasteiger partial charge in [0.1, 0.15) is 0 Å². The highest BCUT2D eigenvalue weighted by molar-refractivity contribution is 5.92. The van der Waals surface area contributed by atoms with Crippen molar-refractivity contribution < 1.29 is 4.79 Å². The minimum atomic E-state index is -0.110. The van der Waals surface area contributed by atoms with Gasteiger partial charge in [-0.2, -0.15) is 5.10 Å². The van der Waals surface area contributed by atoms with Crippen LogP contribution in [0.15, 0.2) is 36.9 Å². The van der Waals surface area contributed by atoms with Crippen LogP contribution in [0, 0.1) is 0 Å². The number of rotatable bonds is 2. The smallest absolute Gasteiger partial charge is 0.276 e. The molecular formula is C19H18N8O. The van der Waals surface area contributed by atoms with Crippen molar-refractivity contribution in [3.8, 4) is 11.1 Å². The Balaban J connectivity index is 1.48. The van der Waals surface area contributed by atoms with Crippen LogP contribution in [-0.4, -0.2) is 52.1 Å². The average molecular weight is 374 g/mol. The van der Waals surface area contributed by atoms with E-state index >= 15 is 0 Å². The van der Waals surface area contributed by atoms with Crippen molar-refractivity contribution in [2.24, 2.45) is 14.1 Å². The molecule has 5 rings (SSSR count). The van der Waals surface area contributed by atoms with E-state index in [0.717, 1.165) is 33.4 Å². The van der Waals surface area contributed by atoms with Gasteiger partial charge in [-0.3, -0.25) is 14.2 Å². The molecule has 5 heterocycles. The second-order valence-corrected chi connectivity index (χ2v) is 7.02. The number of carbonyl (C=O) groups excluding carboxylic acids is 1. The molecule has 0 saturated heterocycles. The second-order valence-electron chi connectivity index (χ2n) is 7.02.